The van der Waals surface area contributed by atoms with Gasteiger partial charge in [0.05, 0.1) is 5.92 Å². The first-order chi connectivity index (χ1) is 13.4. The standard InChI is InChI=1S/C21H28F2N4O/c1-14(2)19-24-25-20(28-19)16-12-26(3)13-21(16)7-9-27(10-8-21)11-15-17(22)5-4-6-18(15)23/h4-6,14,16H,7-13H2,1-3H3. The Morgan fingerprint density at radius 3 is 2.46 bits per heavy atom. The van der Waals surface area contributed by atoms with Gasteiger partial charge in [0.2, 0.25) is 11.8 Å². The van der Waals surface area contributed by atoms with Crippen molar-refractivity contribution >= 4 is 0 Å². The van der Waals surface area contributed by atoms with Crippen molar-refractivity contribution < 1.29 is 13.2 Å². The first-order valence-electron chi connectivity index (χ1n) is 10.0. The molecule has 2 aromatic rings. The highest BCUT2D eigenvalue weighted by Gasteiger charge is 2.50. The predicted octanol–water partition coefficient (Wildman–Crippen LogP) is 3.78. The molecule has 2 aliphatic heterocycles. The van der Waals surface area contributed by atoms with Crippen LogP contribution in [-0.2, 0) is 6.54 Å². The highest BCUT2D eigenvalue weighted by atomic mass is 19.1. The Bertz CT molecular complexity index is 809. The van der Waals surface area contributed by atoms with E-state index < -0.39 is 11.6 Å². The molecule has 0 saturated carbocycles. The third-order valence-electron chi connectivity index (χ3n) is 6.36. The molecule has 2 aliphatic rings. The Balaban J connectivity index is 1.48. The minimum atomic E-state index is -0.467. The van der Waals surface area contributed by atoms with E-state index in [4.69, 9.17) is 4.42 Å². The van der Waals surface area contributed by atoms with Crippen molar-refractivity contribution in [2.24, 2.45) is 5.41 Å². The molecule has 28 heavy (non-hydrogen) atoms. The van der Waals surface area contributed by atoms with Crippen LogP contribution in [0.4, 0.5) is 8.78 Å². The molecule has 0 radical (unpaired) electrons. The maximum atomic E-state index is 14.0. The Morgan fingerprint density at radius 2 is 1.86 bits per heavy atom. The summed E-state index contributed by atoms with van der Waals surface area (Å²) in [6, 6.07) is 4.07. The second-order valence-corrected chi connectivity index (χ2v) is 8.72. The van der Waals surface area contributed by atoms with E-state index in [0.29, 0.717) is 12.4 Å². The van der Waals surface area contributed by atoms with Gasteiger partial charge in [-0.2, -0.15) is 0 Å². The average molecular weight is 390 g/mol. The molecular formula is C21H28F2N4O. The molecule has 1 atom stereocenters. The van der Waals surface area contributed by atoms with Crippen molar-refractivity contribution in [3.63, 3.8) is 0 Å². The van der Waals surface area contributed by atoms with Gasteiger partial charge in [-0.15, -0.1) is 10.2 Å². The summed E-state index contributed by atoms with van der Waals surface area (Å²) in [5.74, 6) is 0.921. The predicted molar refractivity (Wildman–Crippen MR) is 102 cm³/mol. The summed E-state index contributed by atoms with van der Waals surface area (Å²) in [6.45, 7) is 7.92. The minimum Gasteiger partial charge on any atom is -0.425 e. The van der Waals surface area contributed by atoms with Gasteiger partial charge < -0.3 is 9.32 Å². The molecular weight excluding hydrogens is 362 g/mol. The zero-order valence-electron chi connectivity index (χ0n) is 16.8. The fourth-order valence-electron chi connectivity index (χ4n) is 4.75. The minimum absolute atomic E-state index is 0.0831. The van der Waals surface area contributed by atoms with Crippen molar-refractivity contribution in [3.05, 3.63) is 47.2 Å². The summed E-state index contributed by atoms with van der Waals surface area (Å²) in [4.78, 5) is 4.48. The molecule has 5 nitrogen and oxygen atoms in total. The summed E-state index contributed by atoms with van der Waals surface area (Å²) >= 11 is 0. The van der Waals surface area contributed by atoms with Crippen molar-refractivity contribution in [2.45, 2.75) is 45.1 Å². The lowest BCUT2D eigenvalue weighted by Gasteiger charge is -2.41. The Morgan fingerprint density at radius 1 is 1.18 bits per heavy atom. The molecule has 0 amide bonds. The second kappa shape index (κ2) is 7.52. The first kappa shape index (κ1) is 19.5. The van der Waals surface area contributed by atoms with Crippen molar-refractivity contribution in [3.8, 4) is 0 Å². The zero-order chi connectivity index (χ0) is 19.9. The molecule has 1 unspecified atom stereocenters. The normalized spacial score (nSPS) is 23.1. The van der Waals surface area contributed by atoms with Gasteiger partial charge in [-0.3, -0.25) is 4.90 Å². The summed E-state index contributed by atoms with van der Waals surface area (Å²) in [6.07, 6.45) is 1.91. The number of piperidine rings is 1. The lowest BCUT2D eigenvalue weighted by atomic mass is 9.70. The van der Waals surface area contributed by atoms with E-state index in [9.17, 15) is 8.78 Å². The van der Waals surface area contributed by atoms with Crippen molar-refractivity contribution in [1.82, 2.24) is 20.0 Å². The van der Waals surface area contributed by atoms with E-state index in [-0.39, 0.29) is 22.8 Å². The first-order valence-corrected chi connectivity index (χ1v) is 10.0. The van der Waals surface area contributed by atoms with Crippen LogP contribution in [0.1, 0.15) is 55.9 Å². The Hall–Kier alpha value is -1.86. The number of hydrogen-bond acceptors (Lipinski definition) is 5. The maximum Gasteiger partial charge on any atom is 0.221 e. The largest absolute Gasteiger partial charge is 0.425 e. The molecule has 1 aromatic heterocycles. The fraction of sp³-hybridized carbons (Fsp3) is 0.619. The topological polar surface area (TPSA) is 45.4 Å². The SMILES string of the molecule is CC(C)c1nnc(C2CN(C)CC23CCN(Cc2c(F)cccc2F)CC3)o1. The van der Waals surface area contributed by atoms with Gasteiger partial charge in [-0.25, -0.2) is 8.78 Å². The Kier molecular flexibility index (Phi) is 5.22. The smallest absolute Gasteiger partial charge is 0.221 e. The van der Waals surface area contributed by atoms with Crippen molar-refractivity contribution in [2.75, 3.05) is 33.2 Å². The number of likely N-dealkylation sites (tertiary alicyclic amines) is 2. The number of nitrogens with zero attached hydrogens (tertiary/aromatic N) is 4. The fourth-order valence-corrected chi connectivity index (χ4v) is 4.75. The van der Waals surface area contributed by atoms with E-state index in [1.54, 1.807) is 0 Å². The van der Waals surface area contributed by atoms with Crippen LogP contribution in [0.5, 0.6) is 0 Å². The summed E-state index contributed by atoms with van der Waals surface area (Å²) in [5.41, 5.74) is 0.247. The van der Waals surface area contributed by atoms with Gasteiger partial charge in [-0.1, -0.05) is 19.9 Å². The zero-order valence-corrected chi connectivity index (χ0v) is 16.8. The molecule has 7 heteroatoms. The molecule has 0 aliphatic carbocycles. The van der Waals surface area contributed by atoms with Gasteiger partial charge in [0.15, 0.2) is 0 Å². The highest BCUT2D eigenvalue weighted by molar-refractivity contribution is 5.20. The van der Waals surface area contributed by atoms with Gasteiger partial charge in [-0.05, 0) is 50.5 Å². The third kappa shape index (κ3) is 3.57. The van der Waals surface area contributed by atoms with Crippen LogP contribution in [0, 0.1) is 17.0 Å². The lowest BCUT2D eigenvalue weighted by molar-refractivity contribution is 0.0858. The summed E-state index contributed by atoms with van der Waals surface area (Å²) in [7, 11) is 2.13. The van der Waals surface area contributed by atoms with E-state index >= 15 is 0 Å². The molecule has 1 aromatic carbocycles. The maximum absolute atomic E-state index is 14.0. The van der Waals surface area contributed by atoms with Crippen LogP contribution >= 0.6 is 0 Å². The average Bonchev–Trinajstić information content (AvgIpc) is 3.25. The van der Waals surface area contributed by atoms with E-state index in [1.165, 1.54) is 18.2 Å². The molecule has 2 saturated heterocycles. The monoisotopic (exact) mass is 390 g/mol. The summed E-state index contributed by atoms with van der Waals surface area (Å²) in [5, 5.41) is 8.58. The molecule has 0 bridgehead atoms. The van der Waals surface area contributed by atoms with Crippen LogP contribution in [0.15, 0.2) is 22.6 Å². The third-order valence-corrected chi connectivity index (χ3v) is 6.36. The van der Waals surface area contributed by atoms with Gasteiger partial charge in [0.25, 0.3) is 0 Å². The Labute approximate surface area is 164 Å². The van der Waals surface area contributed by atoms with Gasteiger partial charge >= 0.3 is 0 Å². The summed E-state index contributed by atoms with van der Waals surface area (Å²) < 4.78 is 34.0. The van der Waals surface area contributed by atoms with Crippen LogP contribution in [-0.4, -0.2) is 53.2 Å². The number of rotatable bonds is 4. The lowest BCUT2D eigenvalue weighted by Crippen LogP contribution is -2.43. The number of likely N-dealkylation sites (N-methyl/N-ethyl adjacent to an activating group) is 1. The van der Waals surface area contributed by atoms with Gasteiger partial charge in [0, 0.05) is 31.1 Å². The molecule has 1 spiro atoms. The van der Waals surface area contributed by atoms with Crippen LogP contribution in [0.3, 0.4) is 0 Å². The second-order valence-electron chi connectivity index (χ2n) is 8.72. The van der Waals surface area contributed by atoms with Crippen molar-refractivity contribution in [1.29, 1.82) is 0 Å². The molecule has 0 N–H and O–H groups in total. The number of aromatic nitrogens is 2. The quantitative estimate of drug-likeness (QED) is 0.795. The molecule has 2 fully saturated rings. The van der Waals surface area contributed by atoms with Crippen LogP contribution in [0.2, 0.25) is 0 Å². The van der Waals surface area contributed by atoms with Crippen LogP contribution < -0.4 is 0 Å². The number of hydrogen-bond donors (Lipinski definition) is 0. The number of halogens is 2. The highest BCUT2D eigenvalue weighted by Crippen LogP contribution is 2.49. The van der Waals surface area contributed by atoms with E-state index in [1.807, 2.05) is 13.8 Å². The van der Waals surface area contributed by atoms with E-state index in [0.717, 1.165) is 44.9 Å². The van der Waals surface area contributed by atoms with Crippen LogP contribution in [0.25, 0.3) is 0 Å². The van der Waals surface area contributed by atoms with E-state index in [2.05, 4.69) is 27.0 Å². The molecule has 4 rings (SSSR count). The van der Waals surface area contributed by atoms with Gasteiger partial charge in [0.1, 0.15) is 11.6 Å². The molecule has 3 heterocycles. The number of benzene rings is 1. The molecule has 152 valence electrons.